The molecule has 1 fully saturated rings. The van der Waals surface area contributed by atoms with Crippen LogP contribution < -0.4 is 20.3 Å². The first-order valence-corrected chi connectivity index (χ1v) is 14.7. The molecule has 0 radical (unpaired) electrons. The van der Waals surface area contributed by atoms with Crippen LogP contribution in [-0.2, 0) is 6.42 Å². The zero-order chi connectivity index (χ0) is 29.6. The van der Waals surface area contributed by atoms with Crippen LogP contribution in [0.15, 0.2) is 91.0 Å². The molecule has 4 aromatic carbocycles. The summed E-state index contributed by atoms with van der Waals surface area (Å²) < 4.78 is 19.7. The van der Waals surface area contributed by atoms with Crippen molar-refractivity contribution in [2.45, 2.75) is 13.3 Å². The Bertz CT molecular complexity index is 1700. The number of urea groups is 1. The van der Waals surface area contributed by atoms with Crippen molar-refractivity contribution in [1.82, 2.24) is 14.9 Å². The lowest BCUT2D eigenvalue weighted by atomic mass is 10.1. The molecule has 0 unspecified atom stereocenters. The van der Waals surface area contributed by atoms with E-state index in [1.54, 1.807) is 24.3 Å². The van der Waals surface area contributed by atoms with Gasteiger partial charge in [0.1, 0.15) is 29.5 Å². The number of para-hydroxylation sites is 2. The Morgan fingerprint density at radius 3 is 2.51 bits per heavy atom. The summed E-state index contributed by atoms with van der Waals surface area (Å²) in [6.45, 7) is 7.27. The van der Waals surface area contributed by atoms with Crippen molar-refractivity contribution in [1.29, 1.82) is 0 Å². The second-order valence-electron chi connectivity index (χ2n) is 10.6. The maximum absolute atomic E-state index is 13.8. The molecule has 1 saturated heterocycles. The highest BCUT2D eigenvalue weighted by atomic mass is 19.1. The van der Waals surface area contributed by atoms with E-state index in [1.807, 2.05) is 12.1 Å². The number of hydrogen-bond donors (Lipinski definition) is 3. The first kappa shape index (κ1) is 28.2. The smallest absolute Gasteiger partial charge is 0.323 e. The van der Waals surface area contributed by atoms with E-state index < -0.39 is 11.8 Å². The molecular formula is C34H35FN6O2. The fraction of sp³-hybridized carbons (Fsp3) is 0.235. The number of carbonyl (C=O) groups excluding carboxylic acids is 1. The molecule has 1 aliphatic rings. The van der Waals surface area contributed by atoms with Crippen molar-refractivity contribution in [2.75, 3.05) is 54.9 Å². The number of rotatable bonds is 9. The van der Waals surface area contributed by atoms with E-state index in [2.05, 4.69) is 74.8 Å². The van der Waals surface area contributed by atoms with Gasteiger partial charge in [-0.15, -0.1) is 0 Å². The third kappa shape index (κ3) is 6.79. The number of halogens is 1. The minimum atomic E-state index is -0.511. The van der Waals surface area contributed by atoms with E-state index in [0.717, 1.165) is 67.3 Å². The second kappa shape index (κ2) is 13.0. The molecule has 0 bridgehead atoms. The lowest BCUT2D eigenvalue weighted by Gasteiger charge is -2.36. The molecule has 5 aromatic rings. The Labute approximate surface area is 250 Å². The molecule has 0 aliphatic carbocycles. The van der Waals surface area contributed by atoms with Crippen molar-refractivity contribution in [3.8, 4) is 17.1 Å². The minimum absolute atomic E-state index is 0.127. The van der Waals surface area contributed by atoms with Crippen LogP contribution in [0.25, 0.3) is 22.4 Å². The Balaban J connectivity index is 0.978. The number of benzene rings is 4. The summed E-state index contributed by atoms with van der Waals surface area (Å²) in [6.07, 6.45) is 0.998. The van der Waals surface area contributed by atoms with Crippen LogP contribution in [0.3, 0.4) is 0 Å². The number of nitrogens with one attached hydrogen (secondary N) is 3. The molecule has 0 atom stereocenters. The largest absolute Gasteiger partial charge is 0.492 e. The highest BCUT2D eigenvalue weighted by molar-refractivity contribution is 5.99. The number of anilines is 3. The van der Waals surface area contributed by atoms with Crippen molar-refractivity contribution >= 4 is 34.1 Å². The van der Waals surface area contributed by atoms with Crippen LogP contribution in [0.2, 0.25) is 0 Å². The van der Waals surface area contributed by atoms with Gasteiger partial charge in [-0.25, -0.2) is 14.2 Å². The molecule has 2 heterocycles. The van der Waals surface area contributed by atoms with Crippen LogP contribution in [0, 0.1) is 5.82 Å². The molecule has 220 valence electrons. The Morgan fingerprint density at radius 2 is 1.72 bits per heavy atom. The van der Waals surface area contributed by atoms with Crippen molar-refractivity contribution in [3.63, 3.8) is 0 Å². The summed E-state index contributed by atoms with van der Waals surface area (Å²) in [5.41, 5.74) is 6.36. The number of ether oxygens (including phenoxy) is 1. The lowest BCUT2D eigenvalue weighted by molar-refractivity contribution is 0.200. The van der Waals surface area contributed by atoms with Gasteiger partial charge in [0.15, 0.2) is 0 Å². The quantitative estimate of drug-likeness (QED) is 0.180. The zero-order valence-electron chi connectivity index (χ0n) is 24.1. The van der Waals surface area contributed by atoms with Gasteiger partial charge in [-0.05, 0) is 66.6 Å². The number of aromatic nitrogens is 2. The standard InChI is InChI=1S/C34H35FN6O2/c1-2-24-7-5-8-25(23-24)33-37-30-11-6-12-31(32(30)39-33)41-19-17-40(18-20-41)21-22-43-27-15-13-26(14-16-27)36-34(42)38-29-10-4-3-9-28(29)35/h3-16,23H,2,17-22H2,1H3,(H,37,39)(H2,36,38,42). The summed E-state index contributed by atoms with van der Waals surface area (Å²) in [4.78, 5) is 25.5. The number of amides is 2. The zero-order valence-corrected chi connectivity index (χ0v) is 24.1. The SMILES string of the molecule is CCc1cccc(-c2nc3c(N4CCN(CCOc5ccc(NC(=O)Nc6ccccc6F)cc5)CC4)cccc3[nH]2)c1. The number of fused-ring (bicyclic) bond motifs is 1. The van der Waals surface area contributed by atoms with Crippen LogP contribution in [0.4, 0.5) is 26.2 Å². The van der Waals surface area contributed by atoms with Gasteiger partial charge >= 0.3 is 6.03 Å². The van der Waals surface area contributed by atoms with Gasteiger partial charge in [0.05, 0.1) is 16.9 Å². The van der Waals surface area contributed by atoms with Gasteiger partial charge in [-0.3, -0.25) is 4.90 Å². The van der Waals surface area contributed by atoms with Crippen LogP contribution in [0.1, 0.15) is 12.5 Å². The van der Waals surface area contributed by atoms with E-state index in [0.29, 0.717) is 12.3 Å². The second-order valence-corrected chi connectivity index (χ2v) is 10.6. The number of hydrogen-bond acceptors (Lipinski definition) is 5. The highest BCUT2D eigenvalue weighted by Gasteiger charge is 2.20. The molecule has 2 amide bonds. The van der Waals surface area contributed by atoms with Crippen molar-refractivity contribution < 1.29 is 13.9 Å². The number of carbonyl (C=O) groups is 1. The molecule has 8 nitrogen and oxygen atoms in total. The Morgan fingerprint density at radius 1 is 0.930 bits per heavy atom. The molecule has 1 aromatic heterocycles. The monoisotopic (exact) mass is 578 g/mol. The number of aromatic amines is 1. The molecule has 9 heteroatoms. The van der Waals surface area contributed by atoms with Crippen LogP contribution >= 0.6 is 0 Å². The van der Waals surface area contributed by atoms with Gasteiger partial charge in [-0.1, -0.05) is 43.3 Å². The van der Waals surface area contributed by atoms with E-state index >= 15 is 0 Å². The fourth-order valence-corrected chi connectivity index (χ4v) is 5.33. The van der Waals surface area contributed by atoms with Gasteiger partial charge in [0.2, 0.25) is 0 Å². The fourth-order valence-electron chi connectivity index (χ4n) is 5.33. The first-order chi connectivity index (χ1) is 21.1. The summed E-state index contributed by atoms with van der Waals surface area (Å²) in [7, 11) is 0. The van der Waals surface area contributed by atoms with E-state index in [4.69, 9.17) is 9.72 Å². The van der Waals surface area contributed by atoms with Crippen molar-refractivity contribution in [3.05, 3.63) is 102 Å². The summed E-state index contributed by atoms with van der Waals surface area (Å²) >= 11 is 0. The molecule has 0 spiro atoms. The van der Waals surface area contributed by atoms with Gasteiger partial charge in [0, 0.05) is 44.0 Å². The predicted octanol–water partition coefficient (Wildman–Crippen LogP) is 6.78. The molecule has 0 saturated carbocycles. The number of aryl methyl sites for hydroxylation is 1. The summed E-state index contributed by atoms with van der Waals surface area (Å²) in [6, 6.07) is 27.6. The molecule has 43 heavy (non-hydrogen) atoms. The Kier molecular flexibility index (Phi) is 8.51. The topological polar surface area (TPSA) is 85.5 Å². The van der Waals surface area contributed by atoms with E-state index in [-0.39, 0.29) is 5.69 Å². The third-order valence-corrected chi connectivity index (χ3v) is 7.72. The van der Waals surface area contributed by atoms with E-state index in [1.165, 1.54) is 23.4 Å². The van der Waals surface area contributed by atoms with Gasteiger partial charge < -0.3 is 25.3 Å². The number of piperazine rings is 1. The number of nitrogens with zero attached hydrogens (tertiary/aromatic N) is 3. The highest BCUT2D eigenvalue weighted by Crippen LogP contribution is 2.29. The number of H-pyrrole nitrogens is 1. The van der Waals surface area contributed by atoms with E-state index in [9.17, 15) is 9.18 Å². The molecular weight excluding hydrogens is 543 g/mol. The van der Waals surface area contributed by atoms with Crippen LogP contribution in [-0.4, -0.2) is 60.2 Å². The number of imidazole rings is 1. The summed E-state index contributed by atoms with van der Waals surface area (Å²) in [5, 5.41) is 5.21. The minimum Gasteiger partial charge on any atom is -0.492 e. The normalized spacial score (nSPS) is 13.7. The lowest BCUT2D eigenvalue weighted by Crippen LogP contribution is -2.47. The average Bonchev–Trinajstić information content (AvgIpc) is 3.48. The van der Waals surface area contributed by atoms with Gasteiger partial charge in [0.25, 0.3) is 0 Å². The third-order valence-electron chi connectivity index (χ3n) is 7.72. The maximum Gasteiger partial charge on any atom is 0.323 e. The molecule has 6 rings (SSSR count). The average molecular weight is 579 g/mol. The van der Waals surface area contributed by atoms with Gasteiger partial charge in [-0.2, -0.15) is 0 Å². The molecule has 1 aliphatic heterocycles. The maximum atomic E-state index is 13.8. The molecule has 3 N–H and O–H groups in total. The van der Waals surface area contributed by atoms with Crippen LogP contribution in [0.5, 0.6) is 5.75 Å². The Hall–Kier alpha value is -4.89. The van der Waals surface area contributed by atoms with Crippen molar-refractivity contribution in [2.24, 2.45) is 0 Å². The summed E-state index contributed by atoms with van der Waals surface area (Å²) in [5.74, 6) is 1.15. The first-order valence-electron chi connectivity index (χ1n) is 14.7. The predicted molar refractivity (Wildman–Crippen MR) is 171 cm³/mol.